The van der Waals surface area contributed by atoms with E-state index in [1.165, 1.54) is 17.0 Å². The Balaban J connectivity index is 0.00000392. The molecule has 0 fully saturated rings. The molecule has 28 heavy (non-hydrogen) atoms. The predicted octanol–water partition coefficient (Wildman–Crippen LogP) is 2.05. The molecule has 0 aliphatic rings. The minimum atomic E-state index is -0.872. The minimum Gasteiger partial charge on any atom is -0.343 e. The van der Waals surface area contributed by atoms with Crippen molar-refractivity contribution < 1.29 is 14.5 Å². The second kappa shape index (κ2) is 10.4. The van der Waals surface area contributed by atoms with Gasteiger partial charge in [-0.05, 0) is 31.0 Å². The average molecular weight is 407 g/mol. The average Bonchev–Trinajstić information content (AvgIpc) is 2.67. The third-order valence-corrected chi connectivity index (χ3v) is 4.14. The van der Waals surface area contributed by atoms with Crippen LogP contribution in [-0.2, 0) is 16.0 Å². The minimum absolute atomic E-state index is 0. The number of nitro groups is 1. The van der Waals surface area contributed by atoms with Crippen molar-refractivity contribution in [3.05, 3.63) is 70.3 Å². The zero-order valence-corrected chi connectivity index (χ0v) is 16.4. The number of rotatable bonds is 7. The molecule has 0 aliphatic heterocycles. The first-order valence-corrected chi connectivity index (χ1v) is 8.41. The van der Waals surface area contributed by atoms with E-state index in [0.29, 0.717) is 5.56 Å². The van der Waals surface area contributed by atoms with Crippen LogP contribution < -0.4 is 16.0 Å². The first-order chi connectivity index (χ1) is 12.8. The van der Waals surface area contributed by atoms with Gasteiger partial charge in [-0.15, -0.1) is 12.4 Å². The highest BCUT2D eigenvalue weighted by Gasteiger charge is 2.23. The normalized spacial score (nSPS) is 12.2. The molecular formula is C19H23ClN4O4. The molecule has 0 aliphatic carbocycles. The second-order valence-corrected chi connectivity index (χ2v) is 6.20. The highest BCUT2D eigenvalue weighted by atomic mass is 35.5. The van der Waals surface area contributed by atoms with Crippen LogP contribution in [-0.4, -0.2) is 35.9 Å². The summed E-state index contributed by atoms with van der Waals surface area (Å²) >= 11 is 0. The summed E-state index contributed by atoms with van der Waals surface area (Å²) in [6.07, 6.45) is 0.208. The number of nitrogens with one attached hydrogen (secondary N) is 1. The number of hydrogen-bond donors (Lipinski definition) is 2. The Labute approximate surface area is 169 Å². The molecule has 2 amide bonds. The van der Waals surface area contributed by atoms with Gasteiger partial charge in [-0.3, -0.25) is 19.7 Å². The Hall–Kier alpha value is -2.97. The SMILES string of the molecule is C[C@H](NC(=O)[C@@H](N)Cc1ccc([N+](=O)[O-])cc1)C(=O)N(C)c1ccccc1.Cl. The predicted molar refractivity (Wildman–Crippen MR) is 109 cm³/mol. The van der Waals surface area contributed by atoms with Gasteiger partial charge in [-0.2, -0.15) is 0 Å². The quantitative estimate of drug-likeness (QED) is 0.538. The van der Waals surface area contributed by atoms with Gasteiger partial charge in [0.05, 0.1) is 11.0 Å². The van der Waals surface area contributed by atoms with Crippen molar-refractivity contribution in [1.29, 1.82) is 0 Å². The maximum Gasteiger partial charge on any atom is 0.269 e. The van der Waals surface area contributed by atoms with Gasteiger partial charge in [0.15, 0.2) is 0 Å². The van der Waals surface area contributed by atoms with Crippen LogP contribution in [0.2, 0.25) is 0 Å². The molecule has 2 atom stereocenters. The molecule has 0 bridgehead atoms. The van der Waals surface area contributed by atoms with Crippen molar-refractivity contribution >= 4 is 35.6 Å². The number of nitrogens with zero attached hydrogens (tertiary/aromatic N) is 2. The molecule has 0 radical (unpaired) electrons. The maximum atomic E-state index is 12.5. The molecule has 0 aromatic heterocycles. The number of carbonyl (C=O) groups excluding carboxylic acids is 2. The van der Waals surface area contributed by atoms with Crippen molar-refractivity contribution in [2.24, 2.45) is 5.73 Å². The summed E-state index contributed by atoms with van der Waals surface area (Å²) in [6, 6.07) is 13.3. The van der Waals surface area contributed by atoms with E-state index in [1.54, 1.807) is 38.2 Å². The number of nitrogens with two attached hydrogens (primary N) is 1. The summed E-state index contributed by atoms with van der Waals surface area (Å²) in [7, 11) is 1.64. The van der Waals surface area contributed by atoms with Gasteiger partial charge in [0.1, 0.15) is 6.04 Å². The van der Waals surface area contributed by atoms with Gasteiger partial charge < -0.3 is 16.0 Å². The number of amides is 2. The summed E-state index contributed by atoms with van der Waals surface area (Å²) in [5.74, 6) is -0.729. The molecule has 0 unspecified atom stereocenters. The smallest absolute Gasteiger partial charge is 0.269 e. The van der Waals surface area contributed by atoms with E-state index in [-0.39, 0.29) is 30.4 Å². The lowest BCUT2D eigenvalue weighted by Gasteiger charge is -2.23. The molecule has 3 N–H and O–H groups in total. The summed E-state index contributed by atoms with van der Waals surface area (Å²) in [6.45, 7) is 1.60. The van der Waals surface area contributed by atoms with E-state index in [0.717, 1.165) is 5.69 Å². The molecule has 9 heteroatoms. The van der Waals surface area contributed by atoms with Crippen molar-refractivity contribution in [3.63, 3.8) is 0 Å². The van der Waals surface area contributed by atoms with Gasteiger partial charge >= 0.3 is 0 Å². The third kappa shape index (κ3) is 6.04. The largest absolute Gasteiger partial charge is 0.343 e. The number of likely N-dealkylation sites (N-methyl/N-ethyl adjacent to an activating group) is 1. The summed E-state index contributed by atoms with van der Waals surface area (Å²) in [5.41, 5.74) is 7.30. The van der Waals surface area contributed by atoms with Gasteiger partial charge in [0.25, 0.3) is 5.69 Å². The lowest BCUT2D eigenvalue weighted by molar-refractivity contribution is -0.384. The van der Waals surface area contributed by atoms with E-state index < -0.39 is 22.9 Å². The molecule has 0 saturated carbocycles. The number of hydrogen-bond acceptors (Lipinski definition) is 5. The highest BCUT2D eigenvalue weighted by Crippen LogP contribution is 2.14. The van der Waals surface area contributed by atoms with Crippen LogP contribution in [0.25, 0.3) is 0 Å². The first-order valence-electron chi connectivity index (χ1n) is 8.41. The second-order valence-electron chi connectivity index (χ2n) is 6.20. The Morgan fingerprint density at radius 2 is 1.71 bits per heavy atom. The summed E-state index contributed by atoms with van der Waals surface area (Å²) in [5, 5.41) is 13.3. The molecule has 2 aromatic rings. The molecule has 2 rings (SSSR count). The van der Waals surface area contributed by atoms with E-state index >= 15 is 0 Å². The van der Waals surface area contributed by atoms with Crippen LogP contribution in [0.4, 0.5) is 11.4 Å². The van der Waals surface area contributed by atoms with E-state index in [1.807, 2.05) is 18.2 Å². The maximum absolute atomic E-state index is 12.5. The molecule has 8 nitrogen and oxygen atoms in total. The Kier molecular flexibility index (Phi) is 8.56. The van der Waals surface area contributed by atoms with E-state index in [4.69, 9.17) is 5.73 Å². The summed E-state index contributed by atoms with van der Waals surface area (Å²) < 4.78 is 0. The number of benzene rings is 2. The zero-order valence-electron chi connectivity index (χ0n) is 15.6. The molecule has 0 heterocycles. The number of halogens is 1. The van der Waals surface area contributed by atoms with Gasteiger partial charge in [0, 0.05) is 24.9 Å². The molecular weight excluding hydrogens is 384 g/mol. The zero-order chi connectivity index (χ0) is 20.0. The molecule has 150 valence electrons. The van der Waals surface area contributed by atoms with Crippen LogP contribution in [0.5, 0.6) is 0 Å². The fourth-order valence-corrected chi connectivity index (χ4v) is 2.55. The number of anilines is 1. The van der Waals surface area contributed by atoms with Crippen LogP contribution >= 0.6 is 12.4 Å². The molecule has 0 spiro atoms. The van der Waals surface area contributed by atoms with E-state index in [2.05, 4.69) is 5.32 Å². The molecule has 0 saturated heterocycles. The van der Waals surface area contributed by atoms with Crippen LogP contribution in [0.3, 0.4) is 0 Å². The Morgan fingerprint density at radius 1 is 1.14 bits per heavy atom. The first kappa shape index (κ1) is 23.1. The Morgan fingerprint density at radius 3 is 2.25 bits per heavy atom. The van der Waals surface area contributed by atoms with Crippen LogP contribution in [0.15, 0.2) is 54.6 Å². The topological polar surface area (TPSA) is 119 Å². The van der Waals surface area contributed by atoms with Crippen molar-refractivity contribution in [2.75, 3.05) is 11.9 Å². The standard InChI is InChI=1S/C19H22N4O4.ClH/c1-13(19(25)22(2)15-6-4-3-5-7-15)21-18(24)17(20)12-14-8-10-16(11-9-14)23(26)27;/h3-11,13,17H,12,20H2,1-2H3,(H,21,24);1H/t13-,17-;/m0./s1. The lowest BCUT2D eigenvalue weighted by Crippen LogP contribution is -2.51. The summed E-state index contributed by atoms with van der Waals surface area (Å²) in [4.78, 5) is 36.4. The number of nitro benzene ring substituents is 1. The highest BCUT2D eigenvalue weighted by molar-refractivity contribution is 5.99. The van der Waals surface area contributed by atoms with Crippen molar-refractivity contribution in [3.8, 4) is 0 Å². The van der Waals surface area contributed by atoms with Gasteiger partial charge in [-0.1, -0.05) is 30.3 Å². The van der Waals surface area contributed by atoms with Gasteiger partial charge in [-0.25, -0.2) is 0 Å². The van der Waals surface area contributed by atoms with Crippen molar-refractivity contribution in [2.45, 2.75) is 25.4 Å². The molecule has 2 aromatic carbocycles. The van der Waals surface area contributed by atoms with Crippen LogP contribution in [0, 0.1) is 10.1 Å². The lowest BCUT2D eigenvalue weighted by atomic mass is 10.1. The number of para-hydroxylation sites is 1. The van der Waals surface area contributed by atoms with Crippen molar-refractivity contribution in [1.82, 2.24) is 5.32 Å². The van der Waals surface area contributed by atoms with Gasteiger partial charge in [0.2, 0.25) is 11.8 Å². The third-order valence-electron chi connectivity index (χ3n) is 4.14. The number of carbonyl (C=O) groups is 2. The fourth-order valence-electron chi connectivity index (χ4n) is 2.55. The number of non-ortho nitro benzene ring substituents is 1. The fraction of sp³-hybridized carbons (Fsp3) is 0.263. The Bertz CT molecular complexity index is 814. The van der Waals surface area contributed by atoms with Crippen LogP contribution in [0.1, 0.15) is 12.5 Å². The monoisotopic (exact) mass is 406 g/mol. The van der Waals surface area contributed by atoms with E-state index in [9.17, 15) is 19.7 Å².